The summed E-state index contributed by atoms with van der Waals surface area (Å²) >= 11 is 0. The van der Waals surface area contributed by atoms with Crippen molar-refractivity contribution in [1.29, 1.82) is 0 Å². The van der Waals surface area contributed by atoms with E-state index in [-0.39, 0.29) is 5.69 Å². The van der Waals surface area contributed by atoms with Crippen LogP contribution in [0.4, 0.5) is 5.69 Å². The maximum absolute atomic E-state index is 10.6. The van der Waals surface area contributed by atoms with Crippen molar-refractivity contribution in [1.82, 2.24) is 10.2 Å². The van der Waals surface area contributed by atoms with E-state index in [0.717, 1.165) is 5.69 Å². The Kier molecular flexibility index (Phi) is 2.32. The first-order chi connectivity index (χ1) is 5.66. The topological polar surface area (TPSA) is 78.0 Å². The first kappa shape index (κ1) is 8.58. The lowest BCUT2D eigenvalue weighted by Gasteiger charge is -2.00. The zero-order chi connectivity index (χ0) is 9.14. The molecule has 3 N–H and O–H groups in total. The van der Waals surface area contributed by atoms with Gasteiger partial charge >= 0.3 is 5.97 Å². The summed E-state index contributed by atoms with van der Waals surface area (Å²) in [6.07, 6.45) is 0. The molecule has 0 atom stereocenters. The number of nitrogens with one attached hydrogen (secondary N) is 2. The number of aryl methyl sites for hydroxylation is 1. The quantitative estimate of drug-likeness (QED) is 0.626. The summed E-state index contributed by atoms with van der Waals surface area (Å²) in [5, 5.41) is 17.9. The number of H-pyrrole nitrogens is 1. The fourth-order valence-electron chi connectivity index (χ4n) is 0.977. The zero-order valence-corrected chi connectivity index (χ0v) is 7.01. The molecule has 0 fully saturated rings. The van der Waals surface area contributed by atoms with Crippen LogP contribution in [0.2, 0.25) is 0 Å². The molecule has 0 unspecified atom stereocenters. The molecule has 66 valence electrons. The number of hydrogen-bond acceptors (Lipinski definition) is 3. The molecule has 0 radical (unpaired) electrons. The van der Waals surface area contributed by atoms with Crippen LogP contribution < -0.4 is 5.32 Å². The Morgan fingerprint density at radius 3 is 2.92 bits per heavy atom. The van der Waals surface area contributed by atoms with E-state index in [1.165, 1.54) is 0 Å². The number of anilines is 1. The SMILES string of the molecule is CCNc1c(C(=O)O)n[nH]c1C. The molecule has 0 saturated heterocycles. The van der Waals surface area contributed by atoms with Gasteiger partial charge < -0.3 is 10.4 Å². The number of carbonyl (C=O) groups is 1. The van der Waals surface area contributed by atoms with Crippen molar-refractivity contribution < 1.29 is 9.90 Å². The van der Waals surface area contributed by atoms with E-state index in [9.17, 15) is 4.79 Å². The summed E-state index contributed by atoms with van der Waals surface area (Å²) in [6, 6.07) is 0. The number of aromatic amines is 1. The molecular weight excluding hydrogens is 158 g/mol. The summed E-state index contributed by atoms with van der Waals surface area (Å²) in [6.45, 7) is 4.36. The zero-order valence-electron chi connectivity index (χ0n) is 7.01. The molecule has 1 aromatic heterocycles. The van der Waals surface area contributed by atoms with Gasteiger partial charge in [-0.1, -0.05) is 0 Å². The number of rotatable bonds is 3. The molecular formula is C7H11N3O2. The van der Waals surface area contributed by atoms with E-state index in [0.29, 0.717) is 12.2 Å². The average Bonchev–Trinajstić information content (AvgIpc) is 2.34. The lowest BCUT2D eigenvalue weighted by Crippen LogP contribution is -2.04. The molecule has 1 rings (SSSR count). The number of hydrogen-bond donors (Lipinski definition) is 3. The van der Waals surface area contributed by atoms with Crippen LogP contribution >= 0.6 is 0 Å². The fourth-order valence-corrected chi connectivity index (χ4v) is 0.977. The van der Waals surface area contributed by atoms with Gasteiger partial charge in [0.1, 0.15) is 0 Å². The summed E-state index contributed by atoms with van der Waals surface area (Å²) in [5.41, 5.74) is 1.37. The van der Waals surface area contributed by atoms with Crippen molar-refractivity contribution in [3.05, 3.63) is 11.4 Å². The predicted molar refractivity (Wildman–Crippen MR) is 44.4 cm³/mol. The maximum Gasteiger partial charge on any atom is 0.358 e. The van der Waals surface area contributed by atoms with Crippen molar-refractivity contribution in [2.45, 2.75) is 13.8 Å². The second kappa shape index (κ2) is 3.25. The van der Waals surface area contributed by atoms with Crippen LogP contribution in [0.1, 0.15) is 23.1 Å². The van der Waals surface area contributed by atoms with Crippen LogP contribution in [0, 0.1) is 6.92 Å². The normalized spacial score (nSPS) is 9.83. The lowest BCUT2D eigenvalue weighted by molar-refractivity contribution is 0.0691. The van der Waals surface area contributed by atoms with Gasteiger partial charge in [-0.25, -0.2) is 4.79 Å². The number of carboxylic acid groups (broad SMARTS) is 1. The van der Waals surface area contributed by atoms with E-state index in [1.807, 2.05) is 6.92 Å². The number of nitrogens with zero attached hydrogens (tertiary/aromatic N) is 1. The maximum atomic E-state index is 10.6. The Morgan fingerprint density at radius 2 is 2.42 bits per heavy atom. The minimum absolute atomic E-state index is 0.0503. The van der Waals surface area contributed by atoms with Crippen LogP contribution in [0.15, 0.2) is 0 Å². The molecule has 0 aliphatic carbocycles. The molecule has 0 amide bonds. The summed E-state index contributed by atoms with van der Waals surface area (Å²) in [5.74, 6) is -1.02. The fraction of sp³-hybridized carbons (Fsp3) is 0.429. The highest BCUT2D eigenvalue weighted by atomic mass is 16.4. The van der Waals surface area contributed by atoms with Crippen molar-refractivity contribution in [2.75, 3.05) is 11.9 Å². The van der Waals surface area contributed by atoms with Gasteiger partial charge in [0.25, 0.3) is 0 Å². The Labute approximate surface area is 69.8 Å². The Bertz CT molecular complexity index is 293. The Morgan fingerprint density at radius 1 is 1.75 bits per heavy atom. The van der Waals surface area contributed by atoms with Crippen LogP contribution in [0.3, 0.4) is 0 Å². The minimum atomic E-state index is -1.02. The highest BCUT2D eigenvalue weighted by Gasteiger charge is 2.15. The first-order valence-electron chi connectivity index (χ1n) is 3.69. The van der Waals surface area contributed by atoms with Gasteiger partial charge in [0.2, 0.25) is 0 Å². The molecule has 5 heteroatoms. The van der Waals surface area contributed by atoms with Crippen LogP contribution in [0.5, 0.6) is 0 Å². The van der Waals surface area contributed by atoms with E-state index in [4.69, 9.17) is 5.11 Å². The van der Waals surface area contributed by atoms with E-state index in [1.54, 1.807) is 6.92 Å². The van der Waals surface area contributed by atoms with Crippen molar-refractivity contribution in [3.63, 3.8) is 0 Å². The summed E-state index contributed by atoms with van der Waals surface area (Å²) in [7, 11) is 0. The number of aromatic carboxylic acids is 1. The highest BCUT2D eigenvalue weighted by molar-refractivity contribution is 5.92. The predicted octanol–water partition coefficient (Wildman–Crippen LogP) is 0.848. The van der Waals surface area contributed by atoms with Crippen molar-refractivity contribution >= 4 is 11.7 Å². The van der Waals surface area contributed by atoms with E-state index >= 15 is 0 Å². The third-order valence-corrected chi connectivity index (χ3v) is 1.50. The molecule has 0 aliphatic rings. The second-order valence-electron chi connectivity index (χ2n) is 2.41. The average molecular weight is 169 g/mol. The van der Waals surface area contributed by atoms with E-state index in [2.05, 4.69) is 15.5 Å². The number of carboxylic acids is 1. The molecule has 12 heavy (non-hydrogen) atoms. The van der Waals surface area contributed by atoms with Gasteiger partial charge in [0, 0.05) is 6.54 Å². The molecule has 1 heterocycles. The van der Waals surface area contributed by atoms with Crippen LogP contribution in [0.25, 0.3) is 0 Å². The summed E-state index contributed by atoms with van der Waals surface area (Å²) < 4.78 is 0. The Balaban J connectivity index is 3.03. The molecule has 5 nitrogen and oxygen atoms in total. The Hall–Kier alpha value is -1.52. The molecule has 0 aromatic carbocycles. The van der Waals surface area contributed by atoms with Gasteiger partial charge in [-0.05, 0) is 13.8 Å². The molecule has 0 saturated carbocycles. The third kappa shape index (κ3) is 1.39. The molecule has 0 bridgehead atoms. The molecule has 1 aromatic rings. The van der Waals surface area contributed by atoms with Crippen LogP contribution in [-0.4, -0.2) is 27.8 Å². The highest BCUT2D eigenvalue weighted by Crippen LogP contribution is 2.16. The van der Waals surface area contributed by atoms with Gasteiger partial charge in [0.15, 0.2) is 5.69 Å². The largest absolute Gasteiger partial charge is 0.476 e. The third-order valence-electron chi connectivity index (χ3n) is 1.50. The second-order valence-corrected chi connectivity index (χ2v) is 2.41. The first-order valence-corrected chi connectivity index (χ1v) is 3.69. The standard InChI is InChI=1S/C7H11N3O2/c1-3-8-5-4(2)9-10-6(5)7(11)12/h8H,3H2,1-2H3,(H,9,10)(H,11,12). The van der Waals surface area contributed by atoms with Gasteiger partial charge in [-0.15, -0.1) is 0 Å². The van der Waals surface area contributed by atoms with Gasteiger partial charge in [0.05, 0.1) is 11.4 Å². The van der Waals surface area contributed by atoms with E-state index < -0.39 is 5.97 Å². The van der Waals surface area contributed by atoms with Crippen molar-refractivity contribution in [2.24, 2.45) is 0 Å². The van der Waals surface area contributed by atoms with Crippen molar-refractivity contribution in [3.8, 4) is 0 Å². The molecule has 0 aliphatic heterocycles. The van der Waals surface area contributed by atoms with Gasteiger partial charge in [-0.3, -0.25) is 5.10 Å². The van der Waals surface area contributed by atoms with Gasteiger partial charge in [-0.2, -0.15) is 5.10 Å². The monoisotopic (exact) mass is 169 g/mol. The summed E-state index contributed by atoms with van der Waals surface area (Å²) in [4.78, 5) is 10.6. The lowest BCUT2D eigenvalue weighted by atomic mass is 10.3. The molecule has 0 spiro atoms. The number of aromatic nitrogens is 2. The smallest absolute Gasteiger partial charge is 0.358 e. The van der Waals surface area contributed by atoms with Crippen LogP contribution in [-0.2, 0) is 0 Å². The minimum Gasteiger partial charge on any atom is -0.476 e.